The van der Waals surface area contributed by atoms with E-state index in [1.165, 1.54) is 32.8 Å². The lowest BCUT2D eigenvalue weighted by molar-refractivity contribution is -0.0234. The van der Waals surface area contributed by atoms with Crippen molar-refractivity contribution in [3.8, 4) is 0 Å². The average Bonchev–Trinajstić information content (AvgIpc) is 2.53. The number of nitrogens with zero attached hydrogens (tertiary/aromatic N) is 1. The Bertz CT molecular complexity index is 430. The van der Waals surface area contributed by atoms with E-state index in [0.717, 1.165) is 12.1 Å². The lowest BCUT2D eigenvalue weighted by atomic mass is 9.85. The molecule has 4 nitrogen and oxygen atoms in total. The first-order chi connectivity index (χ1) is 9.74. The van der Waals surface area contributed by atoms with Crippen LogP contribution in [0.1, 0.15) is 55.1 Å². The monoisotopic (exact) mass is 277 g/mol. The van der Waals surface area contributed by atoms with E-state index in [2.05, 4.69) is 16.6 Å². The number of carbonyl (C=O) groups excluding carboxylic acids is 1. The lowest BCUT2D eigenvalue weighted by Gasteiger charge is -2.30. The van der Waals surface area contributed by atoms with Gasteiger partial charge in [0.05, 0.1) is 31.1 Å². The molecule has 2 atom stereocenters. The predicted molar refractivity (Wildman–Crippen MR) is 76.4 cm³/mol. The van der Waals surface area contributed by atoms with E-state index >= 15 is 0 Å². The van der Waals surface area contributed by atoms with Crippen LogP contribution in [0, 0.1) is 5.92 Å². The summed E-state index contributed by atoms with van der Waals surface area (Å²) in [5, 5.41) is 0. The van der Waals surface area contributed by atoms with Gasteiger partial charge in [-0.1, -0.05) is 26.2 Å². The molecule has 1 aromatic rings. The molecule has 0 aromatic carbocycles. The second-order valence-electron chi connectivity index (χ2n) is 5.33. The van der Waals surface area contributed by atoms with Gasteiger partial charge in [-0.15, -0.1) is 0 Å². The highest BCUT2D eigenvalue weighted by atomic mass is 16.5. The number of rotatable bonds is 5. The highest BCUT2D eigenvalue weighted by molar-refractivity contribution is 5.88. The van der Waals surface area contributed by atoms with Gasteiger partial charge in [0.2, 0.25) is 0 Å². The Morgan fingerprint density at radius 1 is 1.35 bits per heavy atom. The summed E-state index contributed by atoms with van der Waals surface area (Å²) in [4.78, 5) is 15.6. The number of carbonyl (C=O) groups is 1. The second-order valence-corrected chi connectivity index (χ2v) is 5.33. The summed E-state index contributed by atoms with van der Waals surface area (Å²) in [5.74, 6) is 0.321. The quantitative estimate of drug-likeness (QED) is 0.774. The molecule has 0 saturated heterocycles. The number of hydrogen-bond acceptors (Lipinski definition) is 4. The summed E-state index contributed by atoms with van der Waals surface area (Å²) >= 11 is 0. The smallest absolute Gasteiger partial charge is 0.339 e. The molecule has 20 heavy (non-hydrogen) atoms. The Morgan fingerprint density at radius 2 is 2.15 bits per heavy atom. The van der Waals surface area contributed by atoms with Gasteiger partial charge in [-0.2, -0.15) is 0 Å². The van der Waals surface area contributed by atoms with E-state index in [9.17, 15) is 4.79 Å². The van der Waals surface area contributed by atoms with Crippen LogP contribution in [0.5, 0.6) is 0 Å². The summed E-state index contributed by atoms with van der Waals surface area (Å²) in [7, 11) is 1.37. The van der Waals surface area contributed by atoms with Crippen molar-refractivity contribution in [1.29, 1.82) is 0 Å². The van der Waals surface area contributed by atoms with Crippen molar-refractivity contribution in [2.75, 3.05) is 7.11 Å². The van der Waals surface area contributed by atoms with Crippen LogP contribution in [-0.2, 0) is 16.1 Å². The van der Waals surface area contributed by atoms with E-state index in [4.69, 9.17) is 4.74 Å². The van der Waals surface area contributed by atoms with Gasteiger partial charge < -0.3 is 9.47 Å². The molecule has 0 N–H and O–H groups in total. The topological polar surface area (TPSA) is 48.4 Å². The summed E-state index contributed by atoms with van der Waals surface area (Å²) in [6.45, 7) is 2.75. The van der Waals surface area contributed by atoms with Gasteiger partial charge in [0.1, 0.15) is 0 Å². The van der Waals surface area contributed by atoms with Crippen LogP contribution in [0.4, 0.5) is 0 Å². The summed E-state index contributed by atoms with van der Waals surface area (Å²) < 4.78 is 10.7. The molecule has 0 bridgehead atoms. The van der Waals surface area contributed by atoms with E-state index < -0.39 is 0 Å². The lowest BCUT2D eigenvalue weighted by Crippen LogP contribution is -2.27. The minimum Gasteiger partial charge on any atom is -0.465 e. The molecule has 0 radical (unpaired) electrons. The molecule has 1 aliphatic carbocycles. The zero-order valence-corrected chi connectivity index (χ0v) is 12.3. The zero-order chi connectivity index (χ0) is 14.4. The highest BCUT2D eigenvalue weighted by Crippen LogP contribution is 2.29. The van der Waals surface area contributed by atoms with Gasteiger partial charge in [-0.25, -0.2) is 4.79 Å². The van der Waals surface area contributed by atoms with E-state index in [-0.39, 0.29) is 5.97 Å². The van der Waals surface area contributed by atoms with Crippen LogP contribution in [0.15, 0.2) is 18.3 Å². The number of aromatic nitrogens is 1. The van der Waals surface area contributed by atoms with Crippen molar-refractivity contribution in [1.82, 2.24) is 4.98 Å². The molecule has 110 valence electrons. The van der Waals surface area contributed by atoms with Gasteiger partial charge in [-0.05, 0) is 30.9 Å². The summed E-state index contributed by atoms with van der Waals surface area (Å²) in [5.41, 5.74) is 1.33. The molecule has 0 aliphatic heterocycles. The maximum Gasteiger partial charge on any atom is 0.339 e. The SMILES string of the molecule is CCC1CCCCC1OCc1ccc(C(=O)OC)cn1. The molecule has 2 unspecified atom stereocenters. The van der Waals surface area contributed by atoms with Gasteiger partial charge in [0, 0.05) is 6.20 Å². The Morgan fingerprint density at radius 3 is 2.80 bits per heavy atom. The van der Waals surface area contributed by atoms with Gasteiger partial charge in [0.25, 0.3) is 0 Å². The van der Waals surface area contributed by atoms with Crippen molar-refractivity contribution >= 4 is 5.97 Å². The standard InChI is InChI=1S/C16H23NO3/c1-3-12-6-4-5-7-15(12)20-11-14-9-8-13(10-17-14)16(18)19-2/h8-10,12,15H,3-7,11H2,1-2H3. The first kappa shape index (κ1) is 15.0. The predicted octanol–water partition coefficient (Wildman–Crippen LogP) is 3.35. The van der Waals surface area contributed by atoms with Crippen LogP contribution in [0.25, 0.3) is 0 Å². The fourth-order valence-corrected chi connectivity index (χ4v) is 2.80. The first-order valence-electron chi connectivity index (χ1n) is 7.39. The van der Waals surface area contributed by atoms with Crippen LogP contribution in [0.2, 0.25) is 0 Å². The second kappa shape index (κ2) is 7.39. The maximum absolute atomic E-state index is 11.3. The molecule has 0 spiro atoms. The minimum absolute atomic E-state index is 0.357. The Balaban J connectivity index is 1.88. The number of hydrogen-bond donors (Lipinski definition) is 0. The molecule has 4 heteroatoms. The van der Waals surface area contributed by atoms with Crippen LogP contribution < -0.4 is 0 Å². The van der Waals surface area contributed by atoms with Crippen LogP contribution >= 0.6 is 0 Å². The summed E-state index contributed by atoms with van der Waals surface area (Å²) in [6, 6.07) is 3.56. The van der Waals surface area contributed by atoms with Crippen LogP contribution in [0.3, 0.4) is 0 Å². The maximum atomic E-state index is 11.3. The van der Waals surface area contributed by atoms with Crippen LogP contribution in [-0.4, -0.2) is 24.2 Å². The number of esters is 1. The van der Waals surface area contributed by atoms with E-state index in [1.54, 1.807) is 12.3 Å². The Kier molecular flexibility index (Phi) is 5.53. The van der Waals surface area contributed by atoms with Gasteiger partial charge in [0.15, 0.2) is 0 Å². The van der Waals surface area contributed by atoms with Crippen molar-refractivity contribution in [3.63, 3.8) is 0 Å². The highest BCUT2D eigenvalue weighted by Gasteiger charge is 2.24. The number of ether oxygens (including phenoxy) is 2. The van der Waals surface area contributed by atoms with Crippen molar-refractivity contribution in [2.45, 2.75) is 51.7 Å². The molecule has 1 aromatic heterocycles. The molecular weight excluding hydrogens is 254 g/mol. The fourth-order valence-electron chi connectivity index (χ4n) is 2.80. The first-order valence-corrected chi connectivity index (χ1v) is 7.39. The molecule has 1 aliphatic rings. The third-order valence-electron chi connectivity index (χ3n) is 4.05. The Labute approximate surface area is 120 Å². The molecular formula is C16H23NO3. The molecule has 1 heterocycles. The van der Waals surface area contributed by atoms with Gasteiger partial charge in [-0.3, -0.25) is 4.98 Å². The average molecular weight is 277 g/mol. The van der Waals surface area contributed by atoms with Crippen molar-refractivity contribution < 1.29 is 14.3 Å². The number of pyridine rings is 1. The number of methoxy groups -OCH3 is 1. The zero-order valence-electron chi connectivity index (χ0n) is 12.3. The Hall–Kier alpha value is -1.42. The van der Waals surface area contributed by atoms with E-state index in [1.807, 2.05) is 6.07 Å². The largest absolute Gasteiger partial charge is 0.465 e. The van der Waals surface area contributed by atoms with Gasteiger partial charge >= 0.3 is 5.97 Å². The minimum atomic E-state index is -0.358. The fraction of sp³-hybridized carbons (Fsp3) is 0.625. The molecule has 1 fully saturated rings. The summed E-state index contributed by atoms with van der Waals surface area (Å²) in [6.07, 6.45) is 8.09. The van der Waals surface area contributed by atoms with Crippen molar-refractivity contribution in [3.05, 3.63) is 29.6 Å². The molecule has 1 saturated carbocycles. The van der Waals surface area contributed by atoms with Crippen molar-refractivity contribution in [2.24, 2.45) is 5.92 Å². The third kappa shape index (κ3) is 3.79. The normalized spacial score (nSPS) is 22.5. The molecule has 2 rings (SSSR count). The third-order valence-corrected chi connectivity index (χ3v) is 4.05. The van der Waals surface area contributed by atoms with E-state index in [0.29, 0.717) is 24.2 Å². The molecule has 0 amide bonds.